The molecule has 2 atom stereocenters. The summed E-state index contributed by atoms with van der Waals surface area (Å²) in [6.45, 7) is 3.16. The summed E-state index contributed by atoms with van der Waals surface area (Å²) in [6, 6.07) is 13.7. The van der Waals surface area contributed by atoms with Gasteiger partial charge in [-0.15, -0.1) is 11.8 Å². The molecule has 4 nitrogen and oxygen atoms in total. The van der Waals surface area contributed by atoms with Gasteiger partial charge in [0.25, 0.3) is 5.91 Å². The Kier molecular flexibility index (Phi) is 7.01. The fourth-order valence-electron chi connectivity index (χ4n) is 1.90. The second-order valence-electron chi connectivity index (χ2n) is 5.27. The Morgan fingerprint density at radius 1 is 1.16 bits per heavy atom. The average molecular weight is 426 g/mol. The van der Waals surface area contributed by atoms with E-state index in [1.807, 2.05) is 30.3 Å². The van der Waals surface area contributed by atoms with Gasteiger partial charge in [0, 0.05) is 9.37 Å². The van der Waals surface area contributed by atoms with Crippen LogP contribution in [0.5, 0.6) is 0 Å². The second-order valence-corrected chi connectivity index (χ2v) is 7.60. The largest absolute Gasteiger partial charge is 0.452 e. The van der Waals surface area contributed by atoms with E-state index in [1.54, 1.807) is 13.0 Å². The molecule has 1 amide bonds. The summed E-state index contributed by atoms with van der Waals surface area (Å²) >= 11 is 4.48. The number of hydrogen-bond acceptors (Lipinski definition) is 4. The van der Waals surface area contributed by atoms with E-state index in [1.165, 1.54) is 30.8 Å². The minimum absolute atomic E-state index is 0.0304. The second kappa shape index (κ2) is 9.01. The Morgan fingerprint density at radius 3 is 2.48 bits per heavy atom. The summed E-state index contributed by atoms with van der Waals surface area (Å²) in [5, 5.41) is 1.94. The molecule has 0 aromatic heterocycles. The smallest absolute Gasteiger partial charge is 0.319 e. The Hall–Kier alpha value is -1.86. The van der Waals surface area contributed by atoms with Crippen LogP contribution in [0.3, 0.4) is 0 Å². The molecule has 2 aromatic carbocycles. The number of esters is 1. The third-order valence-electron chi connectivity index (χ3n) is 3.24. The molecule has 0 aliphatic carbocycles. The summed E-state index contributed by atoms with van der Waals surface area (Å²) in [7, 11) is 0. The monoisotopic (exact) mass is 425 g/mol. The number of halogens is 2. The zero-order chi connectivity index (χ0) is 18.4. The molecule has 0 aliphatic heterocycles. The highest BCUT2D eigenvalue weighted by Gasteiger charge is 2.23. The summed E-state index contributed by atoms with van der Waals surface area (Å²) in [5.41, 5.74) is 0.0304. The highest BCUT2D eigenvalue weighted by molar-refractivity contribution is 9.10. The van der Waals surface area contributed by atoms with Crippen molar-refractivity contribution in [3.05, 3.63) is 58.8 Å². The van der Waals surface area contributed by atoms with E-state index < -0.39 is 29.0 Å². The number of benzene rings is 2. The lowest BCUT2D eigenvalue weighted by Gasteiger charge is -2.16. The highest BCUT2D eigenvalue weighted by atomic mass is 79.9. The average Bonchev–Trinajstić information content (AvgIpc) is 2.58. The lowest BCUT2D eigenvalue weighted by Crippen LogP contribution is -2.32. The maximum atomic E-state index is 13.8. The van der Waals surface area contributed by atoms with Crippen LogP contribution in [0.1, 0.15) is 13.8 Å². The van der Waals surface area contributed by atoms with Crippen LogP contribution in [0.4, 0.5) is 10.1 Å². The number of anilines is 1. The maximum absolute atomic E-state index is 13.8. The van der Waals surface area contributed by atoms with Gasteiger partial charge in [-0.3, -0.25) is 9.59 Å². The number of rotatable bonds is 6. The van der Waals surface area contributed by atoms with Gasteiger partial charge in [0.05, 0.1) is 5.69 Å². The molecule has 0 saturated heterocycles. The summed E-state index contributed by atoms with van der Waals surface area (Å²) < 4.78 is 19.5. The van der Waals surface area contributed by atoms with Gasteiger partial charge >= 0.3 is 5.97 Å². The van der Waals surface area contributed by atoms with Crippen LogP contribution in [-0.4, -0.2) is 23.2 Å². The first-order valence-corrected chi connectivity index (χ1v) is 9.22. The van der Waals surface area contributed by atoms with Crippen LogP contribution >= 0.6 is 27.7 Å². The van der Waals surface area contributed by atoms with Crippen molar-refractivity contribution in [3.63, 3.8) is 0 Å². The van der Waals surface area contributed by atoms with Crippen molar-refractivity contribution in [1.29, 1.82) is 0 Å². The van der Waals surface area contributed by atoms with Crippen molar-refractivity contribution in [2.24, 2.45) is 0 Å². The standard InChI is InChI=1S/C18H17BrFNO3S/c1-11(17(22)21-16-9-8-13(19)10-15(16)20)24-18(23)12(2)25-14-6-4-3-5-7-14/h3-12H,1-2H3,(H,21,22)/t11-,12-/m0/s1. The van der Waals surface area contributed by atoms with E-state index in [0.29, 0.717) is 4.47 Å². The molecule has 1 N–H and O–H groups in total. The molecule has 7 heteroatoms. The van der Waals surface area contributed by atoms with Crippen LogP contribution in [-0.2, 0) is 14.3 Å². The quantitative estimate of drug-likeness (QED) is 0.540. The first-order chi connectivity index (χ1) is 11.9. The van der Waals surface area contributed by atoms with Gasteiger partial charge in [0.15, 0.2) is 6.10 Å². The molecule has 132 valence electrons. The lowest BCUT2D eigenvalue weighted by molar-refractivity contribution is -0.152. The predicted molar refractivity (Wildman–Crippen MR) is 100 cm³/mol. The number of hydrogen-bond donors (Lipinski definition) is 1. The normalized spacial score (nSPS) is 13.0. The fourth-order valence-corrected chi connectivity index (χ4v) is 3.11. The molecular weight excluding hydrogens is 409 g/mol. The Labute approximate surface area is 158 Å². The van der Waals surface area contributed by atoms with Crippen LogP contribution in [0, 0.1) is 5.82 Å². The lowest BCUT2D eigenvalue weighted by atomic mass is 10.3. The first-order valence-electron chi connectivity index (χ1n) is 7.55. The van der Waals surface area contributed by atoms with Gasteiger partial charge < -0.3 is 10.1 Å². The Balaban J connectivity index is 1.90. The number of carbonyl (C=O) groups excluding carboxylic acids is 2. The number of amides is 1. The topological polar surface area (TPSA) is 55.4 Å². The molecule has 2 rings (SSSR count). The molecule has 0 bridgehead atoms. The summed E-state index contributed by atoms with van der Waals surface area (Å²) in [5.74, 6) is -1.67. The molecule has 0 spiro atoms. The summed E-state index contributed by atoms with van der Waals surface area (Å²) in [4.78, 5) is 25.1. The number of carbonyl (C=O) groups is 2. The van der Waals surface area contributed by atoms with Crippen molar-refractivity contribution in [1.82, 2.24) is 0 Å². The van der Waals surface area contributed by atoms with Gasteiger partial charge in [0.2, 0.25) is 0 Å². The van der Waals surface area contributed by atoms with E-state index in [4.69, 9.17) is 4.74 Å². The van der Waals surface area contributed by atoms with E-state index in [2.05, 4.69) is 21.2 Å². The fraction of sp³-hybridized carbons (Fsp3) is 0.222. The number of ether oxygens (including phenoxy) is 1. The maximum Gasteiger partial charge on any atom is 0.319 e. The van der Waals surface area contributed by atoms with Crippen LogP contribution in [0.15, 0.2) is 57.9 Å². The van der Waals surface area contributed by atoms with Gasteiger partial charge in [0.1, 0.15) is 11.1 Å². The molecule has 25 heavy (non-hydrogen) atoms. The minimum atomic E-state index is -1.03. The van der Waals surface area contributed by atoms with Crippen molar-refractivity contribution in [2.75, 3.05) is 5.32 Å². The molecular formula is C18H17BrFNO3S. The van der Waals surface area contributed by atoms with Crippen LogP contribution in [0.25, 0.3) is 0 Å². The Bertz CT molecular complexity index is 757. The third kappa shape index (κ3) is 5.86. The zero-order valence-electron chi connectivity index (χ0n) is 13.7. The number of thioether (sulfide) groups is 1. The van der Waals surface area contributed by atoms with Crippen LogP contribution < -0.4 is 5.32 Å². The molecule has 0 heterocycles. The van der Waals surface area contributed by atoms with Crippen molar-refractivity contribution < 1.29 is 18.7 Å². The molecule has 0 aliphatic rings. The number of nitrogens with one attached hydrogen (secondary N) is 1. The zero-order valence-corrected chi connectivity index (χ0v) is 16.1. The van der Waals surface area contributed by atoms with Crippen LogP contribution in [0.2, 0.25) is 0 Å². The van der Waals surface area contributed by atoms with E-state index in [9.17, 15) is 14.0 Å². The van der Waals surface area contributed by atoms with Gasteiger partial charge in [-0.1, -0.05) is 34.1 Å². The highest BCUT2D eigenvalue weighted by Crippen LogP contribution is 2.24. The van der Waals surface area contributed by atoms with E-state index in [0.717, 1.165) is 4.90 Å². The summed E-state index contributed by atoms with van der Waals surface area (Å²) in [6.07, 6.45) is -1.03. The van der Waals surface area contributed by atoms with Crippen molar-refractivity contribution >= 4 is 45.3 Å². The SMILES string of the molecule is C[C@H](OC(=O)[C@H](C)Sc1ccccc1)C(=O)Nc1ccc(Br)cc1F. The molecule has 0 unspecified atom stereocenters. The van der Waals surface area contributed by atoms with Gasteiger partial charge in [-0.2, -0.15) is 0 Å². The van der Waals surface area contributed by atoms with Gasteiger partial charge in [-0.25, -0.2) is 4.39 Å². The van der Waals surface area contributed by atoms with Crippen molar-refractivity contribution in [2.45, 2.75) is 30.1 Å². The predicted octanol–water partition coefficient (Wildman–Crippen LogP) is 4.64. The third-order valence-corrected chi connectivity index (χ3v) is 4.82. The first kappa shape index (κ1) is 19.5. The molecule has 0 fully saturated rings. The van der Waals surface area contributed by atoms with Crippen molar-refractivity contribution in [3.8, 4) is 0 Å². The Morgan fingerprint density at radius 2 is 1.84 bits per heavy atom. The molecule has 0 radical (unpaired) electrons. The van der Waals surface area contributed by atoms with E-state index >= 15 is 0 Å². The molecule has 2 aromatic rings. The van der Waals surface area contributed by atoms with E-state index in [-0.39, 0.29) is 5.69 Å². The molecule has 0 saturated carbocycles. The van der Waals surface area contributed by atoms with Gasteiger partial charge in [-0.05, 0) is 44.2 Å². The minimum Gasteiger partial charge on any atom is -0.452 e.